The van der Waals surface area contributed by atoms with E-state index < -0.39 is 0 Å². The molecule has 0 spiro atoms. The second-order valence-corrected chi connectivity index (χ2v) is 6.29. The summed E-state index contributed by atoms with van der Waals surface area (Å²) in [6.45, 7) is 5.99. The molecule has 1 amide bonds. The first kappa shape index (κ1) is 12.4. The number of hydrogen-bond acceptors (Lipinski definition) is 2. The Bertz CT molecular complexity index is 457. The Morgan fingerprint density at radius 3 is 2.76 bits per heavy atom. The van der Waals surface area contributed by atoms with Crippen molar-refractivity contribution in [2.45, 2.75) is 20.3 Å². The van der Waals surface area contributed by atoms with Gasteiger partial charge in [-0.15, -0.1) is 0 Å². The SMILES string of the molecule is CC1(C)CCN(C(=O)c2cc(Br)ccc2N)C1. The molecular weight excluding hydrogens is 280 g/mol. The molecule has 0 unspecified atom stereocenters. The van der Waals surface area contributed by atoms with Gasteiger partial charge in [-0.25, -0.2) is 0 Å². The van der Waals surface area contributed by atoms with Crippen LogP contribution in [0.5, 0.6) is 0 Å². The van der Waals surface area contributed by atoms with Crippen LogP contribution in [0.15, 0.2) is 22.7 Å². The van der Waals surface area contributed by atoms with E-state index in [-0.39, 0.29) is 11.3 Å². The molecule has 0 atom stereocenters. The van der Waals surface area contributed by atoms with E-state index in [1.807, 2.05) is 11.0 Å². The molecule has 1 heterocycles. The lowest BCUT2D eigenvalue weighted by atomic mass is 9.93. The zero-order valence-corrected chi connectivity index (χ0v) is 11.8. The summed E-state index contributed by atoms with van der Waals surface area (Å²) in [7, 11) is 0. The minimum Gasteiger partial charge on any atom is -0.398 e. The van der Waals surface area contributed by atoms with Gasteiger partial charge in [0.25, 0.3) is 5.91 Å². The fourth-order valence-corrected chi connectivity index (χ4v) is 2.53. The Balaban J connectivity index is 2.23. The number of likely N-dealkylation sites (tertiary alicyclic amines) is 1. The van der Waals surface area contributed by atoms with Crippen molar-refractivity contribution in [3.8, 4) is 0 Å². The average molecular weight is 297 g/mol. The van der Waals surface area contributed by atoms with Crippen LogP contribution in [0.1, 0.15) is 30.6 Å². The third kappa shape index (κ3) is 2.63. The summed E-state index contributed by atoms with van der Waals surface area (Å²) < 4.78 is 0.883. The van der Waals surface area contributed by atoms with E-state index in [1.165, 1.54) is 0 Å². The van der Waals surface area contributed by atoms with E-state index in [1.54, 1.807) is 12.1 Å². The van der Waals surface area contributed by atoms with Gasteiger partial charge in [-0.3, -0.25) is 4.79 Å². The molecule has 17 heavy (non-hydrogen) atoms. The van der Waals surface area contributed by atoms with Crippen molar-refractivity contribution in [2.75, 3.05) is 18.8 Å². The zero-order chi connectivity index (χ0) is 12.6. The predicted octanol–water partition coefficient (Wildman–Crippen LogP) is 2.90. The molecule has 1 aromatic carbocycles. The lowest BCUT2D eigenvalue weighted by Crippen LogP contribution is -2.30. The fourth-order valence-electron chi connectivity index (χ4n) is 2.17. The topological polar surface area (TPSA) is 46.3 Å². The van der Waals surface area contributed by atoms with Crippen LogP contribution >= 0.6 is 15.9 Å². The van der Waals surface area contributed by atoms with Gasteiger partial charge in [-0.05, 0) is 30.0 Å². The number of carbonyl (C=O) groups excluding carboxylic acids is 1. The number of nitrogens with two attached hydrogens (primary N) is 1. The van der Waals surface area contributed by atoms with Crippen molar-refractivity contribution in [2.24, 2.45) is 5.41 Å². The Hall–Kier alpha value is -1.03. The Labute approximate surface area is 110 Å². The van der Waals surface area contributed by atoms with Crippen molar-refractivity contribution in [3.05, 3.63) is 28.2 Å². The number of rotatable bonds is 1. The Morgan fingerprint density at radius 2 is 2.18 bits per heavy atom. The second-order valence-electron chi connectivity index (χ2n) is 5.37. The highest BCUT2D eigenvalue weighted by Gasteiger charge is 2.32. The molecule has 1 aliphatic rings. The minimum atomic E-state index is 0.0365. The highest BCUT2D eigenvalue weighted by atomic mass is 79.9. The van der Waals surface area contributed by atoms with Crippen LogP contribution < -0.4 is 5.73 Å². The third-order valence-electron chi connectivity index (χ3n) is 3.21. The van der Waals surface area contributed by atoms with Crippen LogP contribution in [0.25, 0.3) is 0 Å². The van der Waals surface area contributed by atoms with Crippen molar-refractivity contribution >= 4 is 27.5 Å². The van der Waals surface area contributed by atoms with Gasteiger partial charge in [0.05, 0.1) is 5.56 Å². The number of hydrogen-bond donors (Lipinski definition) is 1. The largest absolute Gasteiger partial charge is 0.398 e. The number of halogens is 1. The molecule has 0 aromatic heterocycles. The van der Waals surface area contributed by atoms with Gasteiger partial charge in [-0.1, -0.05) is 29.8 Å². The van der Waals surface area contributed by atoms with Crippen LogP contribution in [0.4, 0.5) is 5.69 Å². The number of carbonyl (C=O) groups is 1. The number of amides is 1. The fraction of sp³-hybridized carbons (Fsp3) is 0.462. The van der Waals surface area contributed by atoms with Gasteiger partial charge < -0.3 is 10.6 Å². The van der Waals surface area contributed by atoms with Crippen LogP contribution in [0.2, 0.25) is 0 Å². The molecular formula is C13H17BrN2O. The monoisotopic (exact) mass is 296 g/mol. The lowest BCUT2D eigenvalue weighted by molar-refractivity contribution is 0.0779. The minimum absolute atomic E-state index is 0.0365. The molecule has 0 bridgehead atoms. The van der Waals surface area contributed by atoms with Gasteiger partial charge >= 0.3 is 0 Å². The summed E-state index contributed by atoms with van der Waals surface area (Å²) in [4.78, 5) is 14.2. The Morgan fingerprint density at radius 1 is 1.47 bits per heavy atom. The molecule has 2 N–H and O–H groups in total. The number of anilines is 1. The van der Waals surface area contributed by atoms with Crippen molar-refractivity contribution < 1.29 is 4.79 Å². The maximum absolute atomic E-state index is 12.3. The van der Waals surface area contributed by atoms with Crippen LogP contribution in [-0.4, -0.2) is 23.9 Å². The Kier molecular flexibility index (Phi) is 3.17. The van der Waals surface area contributed by atoms with Gasteiger partial charge in [0, 0.05) is 23.2 Å². The molecule has 92 valence electrons. The molecule has 0 saturated carbocycles. The molecule has 1 aromatic rings. The van der Waals surface area contributed by atoms with Gasteiger partial charge in [0.15, 0.2) is 0 Å². The first-order valence-electron chi connectivity index (χ1n) is 5.73. The maximum Gasteiger partial charge on any atom is 0.256 e. The number of benzene rings is 1. The molecule has 1 fully saturated rings. The summed E-state index contributed by atoms with van der Waals surface area (Å²) in [5.41, 5.74) is 7.21. The quantitative estimate of drug-likeness (QED) is 0.810. The van der Waals surface area contributed by atoms with Gasteiger partial charge in [0.2, 0.25) is 0 Å². The van der Waals surface area contributed by atoms with Crippen LogP contribution in [-0.2, 0) is 0 Å². The molecule has 0 aliphatic carbocycles. The van der Waals surface area contributed by atoms with Crippen LogP contribution in [0.3, 0.4) is 0 Å². The van der Waals surface area contributed by atoms with Gasteiger partial charge in [0.1, 0.15) is 0 Å². The van der Waals surface area contributed by atoms with E-state index >= 15 is 0 Å². The average Bonchev–Trinajstić information content (AvgIpc) is 2.61. The summed E-state index contributed by atoms with van der Waals surface area (Å²) in [6, 6.07) is 5.40. The molecule has 1 saturated heterocycles. The van der Waals surface area contributed by atoms with E-state index in [2.05, 4.69) is 29.8 Å². The summed E-state index contributed by atoms with van der Waals surface area (Å²) >= 11 is 3.37. The lowest BCUT2D eigenvalue weighted by Gasteiger charge is -2.20. The summed E-state index contributed by atoms with van der Waals surface area (Å²) in [6.07, 6.45) is 1.05. The molecule has 4 heteroatoms. The summed E-state index contributed by atoms with van der Waals surface area (Å²) in [5.74, 6) is 0.0365. The zero-order valence-electron chi connectivity index (χ0n) is 10.2. The van der Waals surface area contributed by atoms with E-state index in [9.17, 15) is 4.79 Å². The standard InChI is InChI=1S/C13H17BrN2O/c1-13(2)5-6-16(8-13)12(17)10-7-9(14)3-4-11(10)15/h3-4,7H,5-6,8,15H2,1-2H3. The number of nitrogens with zero attached hydrogens (tertiary/aromatic N) is 1. The number of nitrogen functional groups attached to an aromatic ring is 1. The molecule has 0 radical (unpaired) electrons. The van der Waals surface area contributed by atoms with Crippen LogP contribution in [0, 0.1) is 5.41 Å². The van der Waals surface area contributed by atoms with Crippen molar-refractivity contribution in [1.29, 1.82) is 0 Å². The normalized spacial score (nSPS) is 18.4. The van der Waals surface area contributed by atoms with E-state index in [0.717, 1.165) is 24.0 Å². The van der Waals surface area contributed by atoms with Gasteiger partial charge in [-0.2, -0.15) is 0 Å². The molecule has 1 aliphatic heterocycles. The van der Waals surface area contributed by atoms with Crippen molar-refractivity contribution in [3.63, 3.8) is 0 Å². The highest BCUT2D eigenvalue weighted by Crippen LogP contribution is 2.31. The predicted molar refractivity (Wildman–Crippen MR) is 72.9 cm³/mol. The maximum atomic E-state index is 12.3. The van der Waals surface area contributed by atoms with Crippen molar-refractivity contribution in [1.82, 2.24) is 4.90 Å². The van der Waals surface area contributed by atoms with E-state index in [0.29, 0.717) is 11.3 Å². The summed E-state index contributed by atoms with van der Waals surface area (Å²) in [5, 5.41) is 0. The third-order valence-corrected chi connectivity index (χ3v) is 3.70. The first-order chi connectivity index (χ1) is 7.89. The smallest absolute Gasteiger partial charge is 0.256 e. The van der Waals surface area contributed by atoms with E-state index in [4.69, 9.17) is 5.73 Å². The molecule has 3 nitrogen and oxygen atoms in total. The first-order valence-corrected chi connectivity index (χ1v) is 6.53. The second kappa shape index (κ2) is 4.33. The highest BCUT2D eigenvalue weighted by molar-refractivity contribution is 9.10. The molecule has 2 rings (SSSR count).